The van der Waals surface area contributed by atoms with Crippen LogP contribution in [0.3, 0.4) is 0 Å². The van der Waals surface area contributed by atoms with Gasteiger partial charge in [0.05, 0.1) is 0 Å². The van der Waals surface area contributed by atoms with Gasteiger partial charge in [-0.3, -0.25) is 0 Å². The summed E-state index contributed by atoms with van der Waals surface area (Å²) in [6.45, 7) is 3.03. The average Bonchev–Trinajstić information content (AvgIpc) is 1.61. The molecule has 2 N–H and O–H groups in total. The first-order chi connectivity index (χ1) is 2.91. The molecule has 0 bridgehead atoms. The van der Waals surface area contributed by atoms with Crippen molar-refractivity contribution in [1.29, 1.82) is 0 Å². The van der Waals surface area contributed by atoms with Crippen molar-refractivity contribution in [1.82, 2.24) is 0 Å². The van der Waals surface area contributed by atoms with Crippen LogP contribution in [-0.2, 0) is 0 Å². The van der Waals surface area contributed by atoms with E-state index in [-0.39, 0.29) is 8.41 Å². The SMILES string of the molecule is CCCCCN.[B]. The fraction of sp³-hybridized carbons (Fsp3) is 1.00. The summed E-state index contributed by atoms with van der Waals surface area (Å²) in [5, 5.41) is 0. The Morgan fingerprint density at radius 3 is 2.00 bits per heavy atom. The van der Waals surface area contributed by atoms with Gasteiger partial charge in [-0.1, -0.05) is 19.8 Å². The number of hydrogen-bond donors (Lipinski definition) is 1. The standard InChI is InChI=1S/C5H13N.B/c1-2-3-4-5-6;/h2-6H2,1H3;. The van der Waals surface area contributed by atoms with E-state index in [9.17, 15) is 0 Å². The summed E-state index contributed by atoms with van der Waals surface area (Å²) in [5.41, 5.74) is 5.21. The van der Waals surface area contributed by atoms with E-state index < -0.39 is 0 Å². The number of unbranched alkanes of at least 4 members (excludes halogenated alkanes) is 2. The lowest BCUT2D eigenvalue weighted by Crippen LogP contribution is -1.96. The van der Waals surface area contributed by atoms with Gasteiger partial charge in [0, 0.05) is 8.41 Å². The lowest BCUT2D eigenvalue weighted by atomic mass is 10.3. The molecule has 0 rings (SSSR count). The van der Waals surface area contributed by atoms with Crippen molar-refractivity contribution >= 4 is 8.41 Å². The maximum atomic E-state index is 5.21. The van der Waals surface area contributed by atoms with Crippen molar-refractivity contribution in [3.63, 3.8) is 0 Å². The summed E-state index contributed by atoms with van der Waals surface area (Å²) in [7, 11) is 0. The molecule has 1 nitrogen and oxygen atoms in total. The molecule has 0 saturated heterocycles. The van der Waals surface area contributed by atoms with Gasteiger partial charge in [-0.25, -0.2) is 0 Å². The molecule has 3 radical (unpaired) electrons. The molecule has 2 heteroatoms. The second kappa shape index (κ2) is 9.39. The highest BCUT2D eigenvalue weighted by molar-refractivity contribution is 5.75. The minimum atomic E-state index is 0. The van der Waals surface area contributed by atoms with Gasteiger partial charge in [0.2, 0.25) is 0 Å². The predicted molar refractivity (Wildman–Crippen MR) is 34.3 cm³/mol. The van der Waals surface area contributed by atoms with E-state index in [0.29, 0.717) is 0 Å². The summed E-state index contributed by atoms with van der Waals surface area (Å²) in [6.07, 6.45) is 3.75. The van der Waals surface area contributed by atoms with Gasteiger partial charge in [0.1, 0.15) is 0 Å². The summed E-state index contributed by atoms with van der Waals surface area (Å²) in [4.78, 5) is 0. The van der Waals surface area contributed by atoms with Gasteiger partial charge in [0.15, 0.2) is 0 Å². The molecule has 7 heavy (non-hydrogen) atoms. The zero-order valence-corrected chi connectivity index (χ0v) is 4.98. The van der Waals surface area contributed by atoms with Crippen molar-refractivity contribution in [2.24, 2.45) is 5.73 Å². The molecule has 0 aromatic heterocycles. The van der Waals surface area contributed by atoms with Crippen LogP contribution in [0, 0.1) is 0 Å². The maximum Gasteiger partial charge on any atom is 0 e. The molecule has 0 unspecified atom stereocenters. The third kappa shape index (κ3) is 10.7. The zero-order valence-electron chi connectivity index (χ0n) is 4.98. The summed E-state index contributed by atoms with van der Waals surface area (Å²) in [5.74, 6) is 0. The Morgan fingerprint density at radius 1 is 1.29 bits per heavy atom. The largest absolute Gasteiger partial charge is 0.330 e. The van der Waals surface area contributed by atoms with Crippen molar-refractivity contribution in [2.75, 3.05) is 6.54 Å². The quantitative estimate of drug-likeness (QED) is 0.409. The van der Waals surface area contributed by atoms with Gasteiger partial charge in [-0.15, -0.1) is 0 Å². The zero-order chi connectivity index (χ0) is 4.83. The monoisotopic (exact) mass is 98.1 g/mol. The Morgan fingerprint density at radius 2 is 1.86 bits per heavy atom. The van der Waals surface area contributed by atoms with Crippen LogP contribution in [0.1, 0.15) is 26.2 Å². The first-order valence-corrected chi connectivity index (χ1v) is 2.62. The maximum absolute atomic E-state index is 5.21. The van der Waals surface area contributed by atoms with Crippen LogP contribution in [-0.4, -0.2) is 15.0 Å². The van der Waals surface area contributed by atoms with Gasteiger partial charge in [-0.05, 0) is 13.0 Å². The minimum absolute atomic E-state index is 0. The molecule has 0 fully saturated rings. The Labute approximate surface area is 47.9 Å². The smallest absolute Gasteiger partial charge is 0 e. The summed E-state index contributed by atoms with van der Waals surface area (Å²) >= 11 is 0. The lowest BCUT2D eigenvalue weighted by molar-refractivity contribution is 0.727. The molecule has 0 atom stereocenters. The van der Waals surface area contributed by atoms with Crippen LogP contribution in [0.15, 0.2) is 0 Å². The molecular formula is C5H13BN. The number of hydrogen-bond acceptors (Lipinski definition) is 1. The predicted octanol–water partition coefficient (Wildman–Crippen LogP) is 0.754. The van der Waals surface area contributed by atoms with Crippen LogP contribution >= 0.6 is 0 Å². The van der Waals surface area contributed by atoms with Crippen LogP contribution in [0.25, 0.3) is 0 Å². The van der Waals surface area contributed by atoms with E-state index in [4.69, 9.17) is 5.73 Å². The van der Waals surface area contributed by atoms with Crippen molar-refractivity contribution in [2.45, 2.75) is 26.2 Å². The van der Waals surface area contributed by atoms with Crippen LogP contribution < -0.4 is 5.73 Å². The molecule has 0 heterocycles. The molecule has 41 valence electrons. The third-order valence-corrected chi connectivity index (χ3v) is 0.808. The molecular weight excluding hydrogens is 84.9 g/mol. The second-order valence-corrected chi connectivity index (χ2v) is 1.50. The fourth-order valence-corrected chi connectivity index (χ4v) is 0.394. The van der Waals surface area contributed by atoms with Gasteiger partial charge < -0.3 is 5.73 Å². The van der Waals surface area contributed by atoms with E-state index in [1.807, 2.05) is 0 Å². The van der Waals surface area contributed by atoms with Crippen LogP contribution in [0.2, 0.25) is 0 Å². The molecule has 0 saturated carbocycles. The van der Waals surface area contributed by atoms with Gasteiger partial charge in [-0.2, -0.15) is 0 Å². The molecule has 0 amide bonds. The fourth-order valence-electron chi connectivity index (χ4n) is 0.394. The highest BCUT2D eigenvalue weighted by atomic mass is 14.5. The van der Waals surface area contributed by atoms with Crippen molar-refractivity contribution in [3.8, 4) is 0 Å². The first-order valence-electron chi connectivity index (χ1n) is 2.62. The molecule has 0 aromatic carbocycles. The van der Waals surface area contributed by atoms with Gasteiger partial charge in [0.25, 0.3) is 0 Å². The van der Waals surface area contributed by atoms with E-state index in [2.05, 4.69) is 6.92 Å². The Kier molecular flexibility index (Phi) is 13.5. The van der Waals surface area contributed by atoms with Crippen LogP contribution in [0.4, 0.5) is 0 Å². The average molecular weight is 98.0 g/mol. The second-order valence-electron chi connectivity index (χ2n) is 1.50. The molecule has 0 aliphatic rings. The highest BCUT2D eigenvalue weighted by Crippen LogP contribution is 1.88. The van der Waals surface area contributed by atoms with E-state index in [0.717, 1.165) is 6.54 Å². The Bertz CT molecular complexity index is 20.0. The number of rotatable bonds is 3. The summed E-state index contributed by atoms with van der Waals surface area (Å²) < 4.78 is 0. The van der Waals surface area contributed by atoms with E-state index in [1.54, 1.807) is 0 Å². The van der Waals surface area contributed by atoms with Crippen LogP contribution in [0.5, 0.6) is 0 Å². The molecule has 0 spiro atoms. The minimum Gasteiger partial charge on any atom is -0.330 e. The Balaban J connectivity index is 0. The topological polar surface area (TPSA) is 26.0 Å². The van der Waals surface area contributed by atoms with Crippen molar-refractivity contribution in [3.05, 3.63) is 0 Å². The lowest BCUT2D eigenvalue weighted by Gasteiger charge is -1.86. The number of nitrogens with two attached hydrogens (primary N) is 1. The first kappa shape index (κ1) is 10.1. The molecule has 0 aliphatic heterocycles. The molecule has 0 aromatic rings. The normalized spacial score (nSPS) is 7.71. The Hall–Kier alpha value is 0.0249. The summed E-state index contributed by atoms with van der Waals surface area (Å²) in [6, 6.07) is 0. The van der Waals surface area contributed by atoms with E-state index in [1.165, 1.54) is 19.3 Å². The molecule has 0 aliphatic carbocycles. The van der Waals surface area contributed by atoms with Gasteiger partial charge >= 0.3 is 0 Å². The van der Waals surface area contributed by atoms with E-state index >= 15 is 0 Å². The van der Waals surface area contributed by atoms with Crippen molar-refractivity contribution < 1.29 is 0 Å². The third-order valence-electron chi connectivity index (χ3n) is 0.808. The highest BCUT2D eigenvalue weighted by Gasteiger charge is 1.75.